The summed E-state index contributed by atoms with van der Waals surface area (Å²) in [6, 6.07) is 15.0. The maximum Gasteiger partial charge on any atom is 0.321 e. The van der Waals surface area contributed by atoms with Crippen LogP contribution in [0.3, 0.4) is 0 Å². The first kappa shape index (κ1) is 15.1. The molecule has 0 fully saturated rings. The lowest BCUT2D eigenvalue weighted by molar-refractivity contribution is 0.220. The minimum Gasteiger partial charge on any atom is -0.323 e. The van der Waals surface area contributed by atoms with Crippen LogP contribution in [0.15, 0.2) is 48.5 Å². The molecule has 20 heavy (non-hydrogen) atoms. The molecule has 0 spiro atoms. The second-order valence-electron chi connectivity index (χ2n) is 4.42. The van der Waals surface area contributed by atoms with E-state index in [0.717, 1.165) is 14.8 Å². The molecule has 2 aromatic carbocycles. The van der Waals surface area contributed by atoms with E-state index >= 15 is 0 Å². The molecule has 0 atom stereocenters. The fourth-order valence-electron chi connectivity index (χ4n) is 1.73. The Labute approximate surface area is 137 Å². The highest BCUT2D eigenvalue weighted by Gasteiger charge is 2.09. The lowest BCUT2D eigenvalue weighted by atomic mass is 10.2. The average Bonchev–Trinajstić information content (AvgIpc) is 2.41. The minimum atomic E-state index is -0.147. The molecule has 0 unspecified atom stereocenters. The second kappa shape index (κ2) is 6.95. The number of nitrogens with zero attached hydrogens (tertiary/aromatic N) is 1. The van der Waals surface area contributed by atoms with Gasteiger partial charge in [0.05, 0.1) is 0 Å². The summed E-state index contributed by atoms with van der Waals surface area (Å²) >= 11 is 8.16. The van der Waals surface area contributed by atoms with Crippen molar-refractivity contribution in [1.29, 1.82) is 0 Å². The molecular weight excluding hydrogens is 387 g/mol. The van der Waals surface area contributed by atoms with E-state index in [4.69, 9.17) is 11.6 Å². The smallest absolute Gasteiger partial charge is 0.321 e. The van der Waals surface area contributed by atoms with E-state index < -0.39 is 0 Å². The molecule has 3 nitrogen and oxygen atoms in total. The van der Waals surface area contributed by atoms with Gasteiger partial charge in [0.15, 0.2) is 0 Å². The van der Waals surface area contributed by atoms with Gasteiger partial charge in [0, 0.05) is 27.9 Å². The van der Waals surface area contributed by atoms with E-state index in [1.54, 1.807) is 11.9 Å². The van der Waals surface area contributed by atoms with Crippen LogP contribution in [0.2, 0.25) is 5.02 Å². The van der Waals surface area contributed by atoms with E-state index in [1.165, 1.54) is 0 Å². The first-order valence-corrected chi connectivity index (χ1v) is 7.52. The number of anilines is 1. The molecule has 2 amide bonds. The fraction of sp³-hybridized carbons (Fsp3) is 0.133. The lowest BCUT2D eigenvalue weighted by Crippen LogP contribution is -2.30. The van der Waals surface area contributed by atoms with Crippen LogP contribution < -0.4 is 5.32 Å². The van der Waals surface area contributed by atoms with Gasteiger partial charge in [-0.05, 0) is 64.6 Å². The Morgan fingerprint density at radius 3 is 2.60 bits per heavy atom. The number of urea groups is 1. The number of nitrogens with one attached hydrogen (secondary N) is 1. The highest BCUT2D eigenvalue weighted by atomic mass is 127. The average molecular weight is 401 g/mol. The number of halogens is 2. The van der Waals surface area contributed by atoms with Gasteiger partial charge in [0.25, 0.3) is 0 Å². The molecule has 5 heteroatoms. The highest BCUT2D eigenvalue weighted by Crippen LogP contribution is 2.14. The number of benzene rings is 2. The van der Waals surface area contributed by atoms with Crippen molar-refractivity contribution in [2.75, 3.05) is 12.4 Å². The van der Waals surface area contributed by atoms with Gasteiger partial charge in [-0.1, -0.05) is 23.7 Å². The van der Waals surface area contributed by atoms with E-state index in [-0.39, 0.29) is 6.03 Å². The number of rotatable bonds is 3. The largest absolute Gasteiger partial charge is 0.323 e. The number of carbonyl (C=O) groups is 1. The van der Waals surface area contributed by atoms with Crippen LogP contribution in [0, 0.1) is 3.57 Å². The van der Waals surface area contributed by atoms with Crippen LogP contribution in [-0.2, 0) is 6.54 Å². The third kappa shape index (κ3) is 4.38. The molecule has 1 N–H and O–H groups in total. The third-order valence-corrected chi connectivity index (χ3v) is 3.71. The summed E-state index contributed by atoms with van der Waals surface area (Å²) in [7, 11) is 1.75. The second-order valence-corrected chi connectivity index (χ2v) is 6.11. The zero-order valence-electron chi connectivity index (χ0n) is 10.9. The molecule has 2 rings (SSSR count). The van der Waals surface area contributed by atoms with Crippen molar-refractivity contribution in [2.24, 2.45) is 0 Å². The van der Waals surface area contributed by atoms with Gasteiger partial charge >= 0.3 is 6.03 Å². The first-order chi connectivity index (χ1) is 9.54. The van der Waals surface area contributed by atoms with Crippen molar-refractivity contribution in [1.82, 2.24) is 4.90 Å². The SMILES string of the molecule is CN(Cc1cccc(Cl)c1)C(=O)Nc1ccc(I)cc1. The van der Waals surface area contributed by atoms with Crippen molar-refractivity contribution in [3.63, 3.8) is 0 Å². The Morgan fingerprint density at radius 1 is 1.25 bits per heavy atom. The van der Waals surface area contributed by atoms with Gasteiger partial charge in [-0.3, -0.25) is 0 Å². The molecule has 0 radical (unpaired) electrons. The standard InChI is InChI=1S/C15H14ClIN2O/c1-19(10-11-3-2-4-12(16)9-11)15(20)18-14-7-5-13(17)6-8-14/h2-9H,10H2,1H3,(H,18,20). The summed E-state index contributed by atoms with van der Waals surface area (Å²) in [5, 5.41) is 3.53. The van der Waals surface area contributed by atoms with E-state index in [1.807, 2.05) is 48.5 Å². The molecule has 0 saturated carbocycles. The Bertz CT molecular complexity index is 601. The number of carbonyl (C=O) groups excluding carboxylic acids is 1. The lowest BCUT2D eigenvalue weighted by Gasteiger charge is -2.18. The molecule has 0 bridgehead atoms. The van der Waals surface area contributed by atoms with Gasteiger partial charge in [-0.2, -0.15) is 0 Å². The molecule has 2 aromatic rings. The third-order valence-electron chi connectivity index (χ3n) is 2.75. The Kier molecular flexibility index (Phi) is 5.25. The Morgan fingerprint density at radius 2 is 1.95 bits per heavy atom. The van der Waals surface area contributed by atoms with Crippen LogP contribution in [0.4, 0.5) is 10.5 Å². The van der Waals surface area contributed by atoms with Gasteiger partial charge in [0.1, 0.15) is 0 Å². The first-order valence-electron chi connectivity index (χ1n) is 6.07. The molecule has 0 aliphatic carbocycles. The molecule has 0 saturated heterocycles. The van der Waals surface area contributed by atoms with Gasteiger partial charge < -0.3 is 10.2 Å². The predicted octanol–water partition coefficient (Wildman–Crippen LogP) is 4.61. The fourth-order valence-corrected chi connectivity index (χ4v) is 2.31. The van der Waals surface area contributed by atoms with Crippen LogP contribution in [0.25, 0.3) is 0 Å². The summed E-state index contributed by atoms with van der Waals surface area (Å²) in [5.74, 6) is 0. The topological polar surface area (TPSA) is 32.3 Å². The number of hydrogen-bond acceptors (Lipinski definition) is 1. The maximum absolute atomic E-state index is 12.1. The Balaban J connectivity index is 1.96. The summed E-state index contributed by atoms with van der Waals surface area (Å²) in [5.41, 5.74) is 1.78. The van der Waals surface area contributed by atoms with E-state index in [0.29, 0.717) is 11.6 Å². The van der Waals surface area contributed by atoms with Crippen LogP contribution in [0.1, 0.15) is 5.56 Å². The summed E-state index contributed by atoms with van der Waals surface area (Å²) in [4.78, 5) is 13.7. The molecule has 0 aliphatic rings. The predicted molar refractivity (Wildman–Crippen MR) is 91.1 cm³/mol. The monoisotopic (exact) mass is 400 g/mol. The number of hydrogen-bond donors (Lipinski definition) is 1. The van der Waals surface area contributed by atoms with Crippen molar-refractivity contribution in [2.45, 2.75) is 6.54 Å². The Hall–Kier alpha value is -1.27. The van der Waals surface area contributed by atoms with E-state index in [2.05, 4.69) is 27.9 Å². The van der Waals surface area contributed by atoms with Crippen LogP contribution >= 0.6 is 34.2 Å². The van der Waals surface area contributed by atoms with Crippen molar-refractivity contribution >= 4 is 45.9 Å². The van der Waals surface area contributed by atoms with Gasteiger partial charge in [-0.15, -0.1) is 0 Å². The zero-order valence-corrected chi connectivity index (χ0v) is 13.9. The van der Waals surface area contributed by atoms with Crippen LogP contribution in [0.5, 0.6) is 0 Å². The van der Waals surface area contributed by atoms with Gasteiger partial charge in [-0.25, -0.2) is 4.79 Å². The highest BCUT2D eigenvalue weighted by molar-refractivity contribution is 14.1. The van der Waals surface area contributed by atoms with Crippen molar-refractivity contribution < 1.29 is 4.79 Å². The normalized spacial score (nSPS) is 10.2. The van der Waals surface area contributed by atoms with E-state index in [9.17, 15) is 4.79 Å². The molecule has 0 aromatic heterocycles. The number of amides is 2. The molecular formula is C15H14ClIN2O. The summed E-state index contributed by atoms with van der Waals surface area (Å²) < 4.78 is 1.13. The van der Waals surface area contributed by atoms with Crippen molar-refractivity contribution in [3.8, 4) is 0 Å². The minimum absolute atomic E-state index is 0.147. The molecule has 0 aliphatic heterocycles. The van der Waals surface area contributed by atoms with Gasteiger partial charge in [0.2, 0.25) is 0 Å². The van der Waals surface area contributed by atoms with Crippen molar-refractivity contribution in [3.05, 3.63) is 62.7 Å². The zero-order chi connectivity index (χ0) is 14.5. The quantitative estimate of drug-likeness (QED) is 0.750. The summed E-state index contributed by atoms with van der Waals surface area (Å²) in [6.45, 7) is 0.511. The molecule has 0 heterocycles. The maximum atomic E-state index is 12.1. The summed E-state index contributed by atoms with van der Waals surface area (Å²) in [6.07, 6.45) is 0. The van der Waals surface area contributed by atoms with Crippen LogP contribution in [-0.4, -0.2) is 18.0 Å². The molecule has 104 valence electrons.